The van der Waals surface area contributed by atoms with E-state index in [0.717, 1.165) is 90.9 Å². The molecule has 12 aliphatic rings. The van der Waals surface area contributed by atoms with Crippen LogP contribution in [0, 0.1) is 63.4 Å². The summed E-state index contributed by atoms with van der Waals surface area (Å²) in [5.41, 5.74) is 1.71. The standard InChI is InChI=1S/2C29H48N2O6.C23H29NO8.C12H24N2O/c2*1-19(2)9-10-23-28(5,37-23)26-25(34-6)22(11-12-29(26)18-35-29)36-24(32)17-21(20(3)4)27(33)30-13-16-31-14-7-8-15-31;1-14(2)5-10-18-22(3,32-18)20-19(28-4)17(11-12-23(20)13-29-23)31-21(25)30-16-8-6-15(7-9-16)24(26)27;1-10(2)11(3)12(15)13-6-9-14-7-4-5-8-14/h2*9,20-23,25-26H,7-8,10-18H2,1-6H3,(H,30,33);5-9,17-20H,10-13H2,1-4H3;10-11H,4-9H2,1-3H3,(H,13,15)/t21-,22-,23-,25-,26?,28-,29+;21-,22-,23-,25-,26-,28+,29+;17-,18-,19-,20?,22-,23+;11-/m1110/s1. The maximum atomic E-state index is 13.1. The minimum atomic E-state index is -0.875. The van der Waals surface area contributed by atoms with Gasteiger partial charge in [-0.25, -0.2) is 4.79 Å². The summed E-state index contributed by atoms with van der Waals surface area (Å²) in [6.45, 7) is 46.6. The van der Waals surface area contributed by atoms with Crippen molar-refractivity contribution < 1.29 is 95.3 Å². The van der Waals surface area contributed by atoms with E-state index in [2.05, 4.69) is 125 Å². The molecule has 1 aromatic rings. The molecule has 9 saturated heterocycles. The highest BCUT2D eigenvalue weighted by Gasteiger charge is 2.75. The maximum absolute atomic E-state index is 13.1. The van der Waals surface area contributed by atoms with Gasteiger partial charge in [0.1, 0.15) is 76.0 Å². The van der Waals surface area contributed by atoms with Crippen molar-refractivity contribution in [2.24, 2.45) is 53.3 Å². The van der Waals surface area contributed by atoms with E-state index in [1.807, 2.05) is 34.6 Å². The summed E-state index contributed by atoms with van der Waals surface area (Å²) in [6.07, 6.45) is 18.2. The van der Waals surface area contributed by atoms with Crippen molar-refractivity contribution in [3.8, 4) is 5.75 Å². The Kier molecular flexibility index (Phi) is 34.5. The van der Waals surface area contributed by atoms with E-state index in [1.54, 1.807) is 21.3 Å². The highest BCUT2D eigenvalue weighted by molar-refractivity contribution is 5.85. The zero-order valence-electron chi connectivity index (χ0n) is 76.4. The van der Waals surface area contributed by atoms with Crippen LogP contribution in [0.5, 0.6) is 5.75 Å². The van der Waals surface area contributed by atoms with Gasteiger partial charge in [0, 0.05) is 78.6 Å². The van der Waals surface area contributed by atoms with Crippen LogP contribution in [0.25, 0.3) is 0 Å². The number of allylic oxidation sites excluding steroid dienone is 3. The number of carbonyl (C=O) groups is 6. The lowest BCUT2D eigenvalue weighted by atomic mass is 9.68. The molecular weight excluding hydrogens is 1550 g/mol. The van der Waals surface area contributed by atoms with Crippen LogP contribution >= 0.6 is 0 Å². The summed E-state index contributed by atoms with van der Waals surface area (Å²) >= 11 is 0. The van der Waals surface area contributed by atoms with Gasteiger partial charge in [-0.1, -0.05) is 83.4 Å². The van der Waals surface area contributed by atoms with Gasteiger partial charge in [-0.15, -0.1) is 0 Å². The predicted octanol–water partition coefficient (Wildman–Crippen LogP) is 12.6. The first-order valence-electron chi connectivity index (χ1n) is 45.4. The number of ether oxygens (including phenoxy) is 13. The summed E-state index contributed by atoms with van der Waals surface area (Å²) in [5.74, 6) is -0.749. The number of hydrogen-bond acceptors (Lipinski definition) is 24. The third-order valence-corrected chi connectivity index (χ3v) is 28.0. The van der Waals surface area contributed by atoms with Gasteiger partial charge < -0.3 is 92.2 Å². The molecular formula is C93H149N7O21. The second-order valence-electron chi connectivity index (χ2n) is 38.6. The van der Waals surface area contributed by atoms with Crippen LogP contribution in [0.15, 0.2) is 59.2 Å². The zero-order valence-corrected chi connectivity index (χ0v) is 76.4. The Morgan fingerprint density at radius 1 is 0.479 bits per heavy atom. The number of likely N-dealkylation sites (tertiary alicyclic amines) is 3. The molecule has 13 rings (SSSR count). The van der Waals surface area contributed by atoms with Crippen LogP contribution in [0.3, 0.4) is 0 Å². The minimum Gasteiger partial charge on any atom is -0.460 e. The lowest BCUT2D eigenvalue weighted by Gasteiger charge is -2.42. The summed E-state index contributed by atoms with van der Waals surface area (Å²) < 4.78 is 77.4. The van der Waals surface area contributed by atoms with E-state index in [4.69, 9.17) is 61.6 Å². The predicted molar refractivity (Wildman–Crippen MR) is 458 cm³/mol. The quantitative estimate of drug-likeness (QED) is 0.0107. The number of epoxide rings is 6. The van der Waals surface area contributed by atoms with Crippen LogP contribution in [0.4, 0.5) is 10.5 Å². The van der Waals surface area contributed by atoms with E-state index in [1.165, 1.54) is 92.6 Å². The van der Waals surface area contributed by atoms with Gasteiger partial charge in [0.15, 0.2) is 0 Å². The Morgan fingerprint density at radius 3 is 1.06 bits per heavy atom. The van der Waals surface area contributed by atoms with Gasteiger partial charge in [-0.2, -0.15) is 0 Å². The highest BCUT2D eigenvalue weighted by Crippen LogP contribution is 2.63. The largest absolute Gasteiger partial charge is 0.514 e. The number of amides is 3. The normalized spacial score (nSPS) is 33.6. The number of methoxy groups -OCH3 is 3. The number of nitro benzene ring substituents is 1. The average Bonchev–Trinajstić information content (AvgIpc) is 1.54. The molecule has 0 bridgehead atoms. The SMILES string of the molecule is CC(C)[C@H](C)C(=O)NCCN1CCCC1.CO[C@@H]1[C@H](OC(=O)C[C@@H](C(=O)NCCN2CCCC2)C(C)C)CC[C@]2(CO2)[C@H]1[C@@]1(C)O[C@@H]1CC=C(C)C.CO[C@H]1C([C@]2(C)O[C@@H]2CC=C(C)C)[C@]2(CC[C@H]1OC(=O)C[C@@H](C(=O)NCCN1CCCC1)C(C)C)CO2.CO[C@H]1C([C@]2(C)O[C@@H]2CC=C(C)C)[C@]2(CC[C@H]1OC(=O)Oc1ccc([N+](=O)[O-])cc1)CO2. The number of rotatable bonds is 36. The molecule has 0 radical (unpaired) electrons. The molecule has 3 N–H and O–H groups in total. The molecule has 12 fully saturated rings. The molecule has 682 valence electrons. The average molecular weight is 1700 g/mol. The van der Waals surface area contributed by atoms with Crippen molar-refractivity contribution in [2.75, 3.05) is 120 Å². The van der Waals surface area contributed by atoms with Crippen LogP contribution in [0.2, 0.25) is 0 Å². The van der Waals surface area contributed by atoms with Crippen molar-refractivity contribution >= 4 is 41.5 Å². The smallest absolute Gasteiger partial charge is 0.460 e. The maximum Gasteiger partial charge on any atom is 0.514 e. The molecule has 2 unspecified atom stereocenters. The van der Waals surface area contributed by atoms with E-state index < -0.39 is 40.7 Å². The van der Waals surface area contributed by atoms with Crippen molar-refractivity contribution in [3.63, 3.8) is 0 Å². The Hall–Kier alpha value is -6.02. The summed E-state index contributed by atoms with van der Waals surface area (Å²) in [5, 5.41) is 19.9. The van der Waals surface area contributed by atoms with Crippen LogP contribution in [-0.2, 0) is 80.8 Å². The Morgan fingerprint density at radius 2 is 0.785 bits per heavy atom. The lowest BCUT2D eigenvalue weighted by molar-refractivity contribution is -0.384. The van der Waals surface area contributed by atoms with Crippen molar-refractivity contribution in [2.45, 2.75) is 308 Å². The number of nitrogens with zero attached hydrogens (tertiary/aromatic N) is 4. The molecule has 1 aromatic carbocycles. The number of nitrogens with one attached hydrogen (secondary N) is 3. The second-order valence-corrected chi connectivity index (χ2v) is 38.6. The molecule has 21 atom stereocenters. The lowest BCUT2D eigenvalue weighted by Crippen LogP contribution is -2.55. The third kappa shape index (κ3) is 25.7. The Labute approximate surface area is 720 Å². The van der Waals surface area contributed by atoms with Crippen LogP contribution in [0.1, 0.15) is 220 Å². The van der Waals surface area contributed by atoms with E-state index >= 15 is 0 Å². The molecule has 0 aromatic heterocycles. The number of non-ortho nitro benzene ring substituents is 1. The fourth-order valence-corrected chi connectivity index (χ4v) is 19.9. The molecule has 28 nitrogen and oxygen atoms in total. The number of nitro groups is 1. The van der Waals surface area contributed by atoms with Crippen LogP contribution < -0.4 is 20.7 Å². The molecule has 3 aliphatic carbocycles. The Bertz CT molecular complexity index is 3540. The monoisotopic (exact) mass is 1700 g/mol. The van der Waals surface area contributed by atoms with Gasteiger partial charge in [0.25, 0.3) is 5.69 Å². The molecule has 9 aliphatic heterocycles. The Balaban J connectivity index is 0.000000176. The number of carbonyl (C=O) groups excluding carboxylic acids is 6. The highest BCUT2D eigenvalue weighted by atomic mass is 16.7. The topological polar surface area (TPSA) is 331 Å². The number of benzene rings is 1. The number of esters is 2. The summed E-state index contributed by atoms with van der Waals surface area (Å²) in [4.78, 5) is 93.6. The molecule has 9 heterocycles. The summed E-state index contributed by atoms with van der Waals surface area (Å²) in [6, 6.07) is 5.25. The zero-order chi connectivity index (χ0) is 87.9. The van der Waals surface area contributed by atoms with Crippen LogP contribution in [-0.4, -0.2) is 264 Å². The first-order chi connectivity index (χ1) is 57.5. The molecule has 28 heteroatoms. The van der Waals surface area contributed by atoms with E-state index in [-0.39, 0.29) is 160 Å². The first kappa shape index (κ1) is 97.2. The first-order valence-corrected chi connectivity index (χ1v) is 45.4. The molecule has 3 amide bonds. The van der Waals surface area contributed by atoms with E-state index in [0.29, 0.717) is 58.1 Å². The van der Waals surface area contributed by atoms with E-state index in [9.17, 15) is 38.9 Å². The fourth-order valence-electron chi connectivity index (χ4n) is 19.9. The van der Waals surface area contributed by atoms with Crippen molar-refractivity contribution in [1.29, 1.82) is 0 Å². The molecule has 121 heavy (non-hydrogen) atoms. The van der Waals surface area contributed by atoms with Gasteiger partial charge >= 0.3 is 18.1 Å². The van der Waals surface area contributed by atoms with Gasteiger partial charge in [-0.05, 0) is 228 Å². The minimum absolute atomic E-state index is 0.0121. The summed E-state index contributed by atoms with van der Waals surface area (Å²) in [7, 11) is 4.97. The number of hydrogen-bond donors (Lipinski definition) is 3. The van der Waals surface area contributed by atoms with Gasteiger partial charge in [-0.3, -0.25) is 34.1 Å². The molecule has 3 spiro atoms. The molecule has 3 saturated carbocycles. The third-order valence-electron chi connectivity index (χ3n) is 28.0. The fraction of sp³-hybridized carbons (Fsp3) is 0.806. The van der Waals surface area contributed by atoms with Gasteiger partial charge in [0.2, 0.25) is 17.7 Å². The van der Waals surface area contributed by atoms with Crippen molar-refractivity contribution in [1.82, 2.24) is 30.7 Å². The van der Waals surface area contributed by atoms with Gasteiger partial charge in [0.05, 0.1) is 85.5 Å². The second kappa shape index (κ2) is 43.0. The van der Waals surface area contributed by atoms with Crippen molar-refractivity contribution in [3.05, 3.63) is 69.3 Å².